The van der Waals surface area contributed by atoms with E-state index in [0.29, 0.717) is 18.8 Å². The lowest BCUT2D eigenvalue weighted by Gasteiger charge is -2.35. The third-order valence-corrected chi connectivity index (χ3v) is 3.43. The van der Waals surface area contributed by atoms with Gasteiger partial charge < -0.3 is 14.2 Å². The molecule has 0 aromatic carbocycles. The van der Waals surface area contributed by atoms with Gasteiger partial charge in [-0.3, -0.25) is 4.79 Å². The normalized spacial score (nSPS) is 25.0. The Hall–Kier alpha value is -0.880. The van der Waals surface area contributed by atoms with E-state index in [-0.39, 0.29) is 18.1 Å². The van der Waals surface area contributed by atoms with Crippen LogP contribution in [0.15, 0.2) is 12.5 Å². The molecule has 1 aromatic rings. The lowest BCUT2D eigenvalue weighted by atomic mass is 10.2. The average molecular weight is 302 g/mol. The number of alkyl halides is 1. The number of imidazole rings is 1. The fourth-order valence-electron chi connectivity index (χ4n) is 1.98. The molecule has 2 unspecified atom stereocenters. The molecule has 1 aliphatic heterocycles. The van der Waals surface area contributed by atoms with E-state index in [1.165, 1.54) is 0 Å². The molecule has 5 nitrogen and oxygen atoms in total. The first kappa shape index (κ1) is 12.6. The molecule has 2 atom stereocenters. The molecular formula is C11H16BrN3O2. The number of morpholine rings is 1. The van der Waals surface area contributed by atoms with Gasteiger partial charge in [0.15, 0.2) is 0 Å². The number of hydrogen-bond acceptors (Lipinski definition) is 3. The highest BCUT2D eigenvalue weighted by molar-refractivity contribution is 9.09. The molecule has 6 heteroatoms. The van der Waals surface area contributed by atoms with Gasteiger partial charge >= 0.3 is 0 Å². The third-order valence-electron chi connectivity index (χ3n) is 2.71. The number of carbonyl (C=O) groups excluding carboxylic acids is 1. The van der Waals surface area contributed by atoms with Crippen LogP contribution in [0.25, 0.3) is 0 Å². The summed E-state index contributed by atoms with van der Waals surface area (Å²) < 4.78 is 7.47. The second-order valence-electron chi connectivity index (χ2n) is 4.36. The molecule has 1 amide bonds. The highest BCUT2D eigenvalue weighted by Gasteiger charge is 2.29. The van der Waals surface area contributed by atoms with E-state index < -0.39 is 0 Å². The molecule has 1 fully saturated rings. The van der Waals surface area contributed by atoms with Crippen molar-refractivity contribution in [3.05, 3.63) is 18.2 Å². The second-order valence-corrected chi connectivity index (χ2v) is 5.01. The number of rotatable bonds is 2. The number of halogens is 1. The molecule has 1 saturated heterocycles. The van der Waals surface area contributed by atoms with Crippen LogP contribution in [-0.4, -0.2) is 51.0 Å². The molecule has 0 aliphatic carbocycles. The Labute approximate surface area is 109 Å². The third kappa shape index (κ3) is 2.87. The summed E-state index contributed by atoms with van der Waals surface area (Å²) in [7, 11) is 1.85. The van der Waals surface area contributed by atoms with Gasteiger partial charge in [-0.05, 0) is 6.92 Å². The molecule has 2 heterocycles. The molecule has 0 saturated carbocycles. The second kappa shape index (κ2) is 5.18. The van der Waals surface area contributed by atoms with Gasteiger partial charge in [0.05, 0.1) is 18.5 Å². The van der Waals surface area contributed by atoms with E-state index >= 15 is 0 Å². The average Bonchev–Trinajstić information content (AvgIpc) is 2.74. The van der Waals surface area contributed by atoms with Crippen molar-refractivity contribution in [1.82, 2.24) is 14.5 Å². The van der Waals surface area contributed by atoms with Crippen molar-refractivity contribution in [3.8, 4) is 0 Å². The van der Waals surface area contributed by atoms with Crippen molar-refractivity contribution in [2.75, 3.05) is 18.4 Å². The summed E-state index contributed by atoms with van der Waals surface area (Å²) in [6.45, 7) is 3.22. The Morgan fingerprint density at radius 3 is 3.00 bits per heavy atom. The first-order valence-corrected chi connectivity index (χ1v) is 6.71. The lowest BCUT2D eigenvalue weighted by Crippen LogP contribution is -2.49. The van der Waals surface area contributed by atoms with Crippen LogP contribution in [0.5, 0.6) is 0 Å². The van der Waals surface area contributed by atoms with Gasteiger partial charge in [0, 0.05) is 31.7 Å². The van der Waals surface area contributed by atoms with Gasteiger partial charge in [-0.15, -0.1) is 0 Å². The number of hydrogen-bond donors (Lipinski definition) is 0. The van der Waals surface area contributed by atoms with Crippen LogP contribution in [0, 0.1) is 0 Å². The SMILES string of the molecule is CC1CN(C(=O)c2cn(C)cn2)CC(CBr)O1. The Morgan fingerprint density at radius 1 is 1.65 bits per heavy atom. The summed E-state index contributed by atoms with van der Waals surface area (Å²) in [6, 6.07) is 0. The Morgan fingerprint density at radius 2 is 2.41 bits per heavy atom. The quantitative estimate of drug-likeness (QED) is 0.767. The van der Waals surface area contributed by atoms with Gasteiger partial charge in [-0.2, -0.15) is 0 Å². The Bertz CT molecular complexity index is 407. The van der Waals surface area contributed by atoms with E-state index in [2.05, 4.69) is 20.9 Å². The minimum Gasteiger partial charge on any atom is -0.371 e. The standard InChI is InChI=1S/C11H16BrN3O2/c1-8-4-15(5-9(3-12)17-8)11(16)10-6-14(2)7-13-10/h6-9H,3-5H2,1-2H3. The lowest BCUT2D eigenvalue weighted by molar-refractivity contribution is -0.0560. The molecule has 17 heavy (non-hydrogen) atoms. The van der Waals surface area contributed by atoms with E-state index in [9.17, 15) is 4.79 Å². The van der Waals surface area contributed by atoms with Crippen LogP contribution in [0.2, 0.25) is 0 Å². The van der Waals surface area contributed by atoms with Crippen molar-refractivity contribution in [2.45, 2.75) is 19.1 Å². The van der Waals surface area contributed by atoms with E-state index in [0.717, 1.165) is 5.33 Å². The van der Waals surface area contributed by atoms with Gasteiger partial charge in [0.25, 0.3) is 5.91 Å². The molecule has 0 radical (unpaired) electrons. The summed E-state index contributed by atoms with van der Waals surface area (Å²) in [5, 5.41) is 0.739. The van der Waals surface area contributed by atoms with Crippen LogP contribution < -0.4 is 0 Å². The van der Waals surface area contributed by atoms with Crippen molar-refractivity contribution in [1.29, 1.82) is 0 Å². The number of ether oxygens (including phenoxy) is 1. The zero-order chi connectivity index (χ0) is 12.4. The minimum absolute atomic E-state index is 0.0216. The van der Waals surface area contributed by atoms with Crippen molar-refractivity contribution in [2.24, 2.45) is 7.05 Å². The van der Waals surface area contributed by atoms with Gasteiger partial charge in [-0.1, -0.05) is 15.9 Å². The van der Waals surface area contributed by atoms with Gasteiger partial charge in [0.1, 0.15) is 5.69 Å². The summed E-state index contributed by atoms with van der Waals surface area (Å²) in [4.78, 5) is 18.1. The highest BCUT2D eigenvalue weighted by atomic mass is 79.9. The summed E-state index contributed by atoms with van der Waals surface area (Å²) >= 11 is 3.39. The van der Waals surface area contributed by atoms with E-state index in [1.54, 1.807) is 17.1 Å². The maximum absolute atomic E-state index is 12.2. The first-order chi connectivity index (χ1) is 8.10. The largest absolute Gasteiger partial charge is 0.371 e. The monoisotopic (exact) mass is 301 g/mol. The van der Waals surface area contributed by atoms with Crippen LogP contribution in [-0.2, 0) is 11.8 Å². The maximum Gasteiger partial charge on any atom is 0.274 e. The van der Waals surface area contributed by atoms with E-state index in [4.69, 9.17) is 4.74 Å². The molecular weight excluding hydrogens is 286 g/mol. The van der Waals surface area contributed by atoms with Gasteiger partial charge in [0.2, 0.25) is 0 Å². The van der Waals surface area contributed by atoms with Crippen molar-refractivity contribution >= 4 is 21.8 Å². The molecule has 2 rings (SSSR count). The first-order valence-electron chi connectivity index (χ1n) is 5.59. The molecule has 0 N–H and O–H groups in total. The zero-order valence-corrected chi connectivity index (χ0v) is 11.6. The van der Waals surface area contributed by atoms with E-state index in [1.807, 2.05) is 18.9 Å². The Kier molecular flexibility index (Phi) is 3.83. The predicted molar refractivity (Wildman–Crippen MR) is 67.2 cm³/mol. The maximum atomic E-state index is 12.2. The fraction of sp³-hybridized carbons (Fsp3) is 0.636. The smallest absolute Gasteiger partial charge is 0.274 e. The predicted octanol–water partition coefficient (Wildman–Crippen LogP) is 1.04. The number of aromatic nitrogens is 2. The minimum atomic E-state index is -0.0216. The van der Waals surface area contributed by atoms with Crippen LogP contribution in [0.3, 0.4) is 0 Å². The molecule has 1 aromatic heterocycles. The number of aryl methyl sites for hydroxylation is 1. The van der Waals surface area contributed by atoms with Crippen molar-refractivity contribution < 1.29 is 9.53 Å². The molecule has 0 spiro atoms. The number of carbonyl (C=O) groups is 1. The summed E-state index contributed by atoms with van der Waals surface area (Å²) in [5.74, 6) is -0.0216. The van der Waals surface area contributed by atoms with Crippen LogP contribution >= 0.6 is 15.9 Å². The molecule has 1 aliphatic rings. The summed E-state index contributed by atoms with van der Waals surface area (Å²) in [6.07, 6.45) is 3.51. The summed E-state index contributed by atoms with van der Waals surface area (Å²) in [5.41, 5.74) is 0.495. The highest BCUT2D eigenvalue weighted by Crippen LogP contribution is 2.15. The van der Waals surface area contributed by atoms with Crippen LogP contribution in [0.4, 0.5) is 0 Å². The zero-order valence-electron chi connectivity index (χ0n) is 9.97. The fourth-order valence-corrected chi connectivity index (χ4v) is 2.34. The number of amides is 1. The Balaban J connectivity index is 2.08. The molecule has 94 valence electrons. The topological polar surface area (TPSA) is 47.4 Å². The number of nitrogens with zero attached hydrogens (tertiary/aromatic N) is 3. The van der Waals surface area contributed by atoms with Crippen molar-refractivity contribution in [3.63, 3.8) is 0 Å². The van der Waals surface area contributed by atoms with Gasteiger partial charge in [-0.25, -0.2) is 4.98 Å². The molecule has 0 bridgehead atoms. The van der Waals surface area contributed by atoms with Crippen LogP contribution in [0.1, 0.15) is 17.4 Å².